The Morgan fingerprint density at radius 3 is 2.45 bits per heavy atom. The maximum Gasteiger partial charge on any atom is 0.349 e. The van der Waals surface area contributed by atoms with Crippen molar-refractivity contribution in [1.29, 1.82) is 0 Å². The van der Waals surface area contributed by atoms with Gasteiger partial charge < -0.3 is 10.1 Å². The molecule has 0 aliphatic rings. The number of esters is 1. The molecule has 0 saturated heterocycles. The third-order valence-electron chi connectivity index (χ3n) is 4.84. The fraction of sp³-hybridized carbons (Fsp3) is 0.182. The number of nitrogens with zero attached hydrogens (tertiary/aromatic N) is 1. The first-order chi connectivity index (χ1) is 15.5. The predicted molar refractivity (Wildman–Crippen MR) is 121 cm³/mol. The third-order valence-corrected chi connectivity index (χ3v) is 7.68. The predicted octanol–water partition coefficient (Wildman–Crippen LogP) is 4.26. The number of halogens is 2. The minimum atomic E-state index is -4.42. The van der Waals surface area contributed by atoms with Crippen molar-refractivity contribution in [2.24, 2.45) is 0 Å². The van der Waals surface area contributed by atoms with Crippen molar-refractivity contribution in [2.75, 3.05) is 23.3 Å². The fourth-order valence-corrected chi connectivity index (χ4v) is 5.69. The van der Waals surface area contributed by atoms with Crippen LogP contribution in [0.1, 0.15) is 20.8 Å². The van der Waals surface area contributed by atoms with Crippen LogP contribution in [0.3, 0.4) is 0 Å². The first-order valence-electron chi connectivity index (χ1n) is 9.55. The molecule has 0 spiro atoms. The van der Waals surface area contributed by atoms with Gasteiger partial charge in [0.25, 0.3) is 10.0 Å². The van der Waals surface area contributed by atoms with Gasteiger partial charge in [0.1, 0.15) is 28.0 Å². The summed E-state index contributed by atoms with van der Waals surface area (Å²) in [6, 6.07) is 8.54. The molecular formula is C22H20F2N2O5S2. The van der Waals surface area contributed by atoms with Crippen molar-refractivity contribution < 1.29 is 31.5 Å². The zero-order valence-corrected chi connectivity index (χ0v) is 19.5. The highest BCUT2D eigenvalue weighted by molar-refractivity contribution is 7.93. The first-order valence-corrected chi connectivity index (χ1v) is 11.9. The zero-order chi connectivity index (χ0) is 24.3. The van der Waals surface area contributed by atoms with E-state index in [-0.39, 0.29) is 15.5 Å². The summed E-state index contributed by atoms with van der Waals surface area (Å²) in [5.74, 6) is -3.39. The Bertz CT molecular complexity index is 1320. The smallest absolute Gasteiger partial charge is 0.349 e. The molecular weight excluding hydrogens is 474 g/mol. The number of thiophene rings is 1. The van der Waals surface area contributed by atoms with E-state index in [4.69, 9.17) is 0 Å². The lowest BCUT2D eigenvalue weighted by Crippen LogP contribution is -2.38. The normalized spacial score (nSPS) is 11.2. The highest BCUT2D eigenvalue weighted by Gasteiger charge is 2.32. The summed E-state index contributed by atoms with van der Waals surface area (Å²) in [6.07, 6.45) is 0. The summed E-state index contributed by atoms with van der Waals surface area (Å²) < 4.78 is 60.0. The molecule has 11 heteroatoms. The molecule has 0 aliphatic carbocycles. The van der Waals surface area contributed by atoms with Gasteiger partial charge in [-0.2, -0.15) is 0 Å². The number of anilines is 2. The second-order valence-electron chi connectivity index (χ2n) is 7.06. The molecule has 1 N–H and O–H groups in total. The number of aryl methyl sites for hydroxylation is 2. The van der Waals surface area contributed by atoms with Gasteiger partial charge in [0, 0.05) is 6.07 Å². The number of benzene rings is 2. The van der Waals surface area contributed by atoms with E-state index >= 15 is 0 Å². The first kappa shape index (κ1) is 24.3. The molecule has 174 valence electrons. The van der Waals surface area contributed by atoms with E-state index in [1.807, 2.05) is 6.92 Å². The quantitative estimate of drug-likeness (QED) is 0.496. The van der Waals surface area contributed by atoms with Crippen LogP contribution < -0.4 is 9.62 Å². The summed E-state index contributed by atoms with van der Waals surface area (Å²) in [5, 5.41) is 3.61. The number of carbonyl (C=O) groups is 2. The summed E-state index contributed by atoms with van der Waals surface area (Å²) in [4.78, 5) is 24.3. The molecule has 3 rings (SSSR count). The second kappa shape index (κ2) is 9.67. The van der Waals surface area contributed by atoms with Gasteiger partial charge in [-0.1, -0.05) is 6.07 Å². The van der Waals surface area contributed by atoms with Crippen molar-refractivity contribution in [1.82, 2.24) is 0 Å². The summed E-state index contributed by atoms with van der Waals surface area (Å²) >= 11 is 0.880. The minimum absolute atomic E-state index is 0.150. The summed E-state index contributed by atoms with van der Waals surface area (Å²) in [5.41, 5.74) is 1.40. The largest absolute Gasteiger partial charge is 0.465 e. The SMILES string of the molecule is COC(=O)c1sccc1S(=O)(=O)N(CC(=O)Nc1cc(F)ccc1F)c1ccc(C)c(C)c1. The number of hydrogen-bond donors (Lipinski definition) is 1. The minimum Gasteiger partial charge on any atom is -0.465 e. The number of carbonyl (C=O) groups excluding carboxylic acids is 2. The molecule has 0 radical (unpaired) electrons. The van der Waals surface area contributed by atoms with Crippen LogP contribution in [0.4, 0.5) is 20.2 Å². The Labute approximate surface area is 193 Å². The molecule has 0 saturated carbocycles. The maximum absolute atomic E-state index is 14.0. The van der Waals surface area contributed by atoms with Crippen LogP contribution in [0.15, 0.2) is 52.7 Å². The molecule has 0 aliphatic heterocycles. The van der Waals surface area contributed by atoms with E-state index < -0.39 is 45.8 Å². The number of sulfonamides is 1. The molecule has 1 amide bonds. The Balaban J connectivity index is 2.04. The van der Waals surface area contributed by atoms with Crippen LogP contribution >= 0.6 is 11.3 Å². The van der Waals surface area contributed by atoms with Gasteiger partial charge in [0.05, 0.1) is 18.5 Å². The van der Waals surface area contributed by atoms with E-state index in [0.29, 0.717) is 0 Å². The lowest BCUT2D eigenvalue weighted by atomic mass is 10.1. The van der Waals surface area contributed by atoms with Crippen LogP contribution in [0.25, 0.3) is 0 Å². The standard InChI is InChI=1S/C22H20F2N2O5S2/c1-13-4-6-16(10-14(13)2)26(12-20(27)25-18-11-15(23)5-7-17(18)24)33(29,30)19-8-9-32-21(19)22(28)31-3/h4-11H,12H2,1-3H3,(H,25,27). The Kier molecular flexibility index (Phi) is 7.13. The van der Waals surface area contributed by atoms with Gasteiger partial charge in [0.2, 0.25) is 5.91 Å². The summed E-state index contributed by atoms with van der Waals surface area (Å²) in [6.45, 7) is 2.86. The highest BCUT2D eigenvalue weighted by Crippen LogP contribution is 2.30. The van der Waals surface area contributed by atoms with Crippen molar-refractivity contribution in [2.45, 2.75) is 18.7 Å². The summed E-state index contributed by atoms with van der Waals surface area (Å²) in [7, 11) is -3.29. The van der Waals surface area contributed by atoms with Crippen LogP contribution in [-0.2, 0) is 19.6 Å². The molecule has 0 atom stereocenters. The van der Waals surface area contributed by atoms with Gasteiger partial charge in [-0.05, 0) is 60.7 Å². The highest BCUT2D eigenvalue weighted by atomic mass is 32.2. The van der Waals surface area contributed by atoms with Crippen molar-refractivity contribution >= 4 is 44.6 Å². The van der Waals surface area contributed by atoms with E-state index in [1.54, 1.807) is 19.1 Å². The van der Waals surface area contributed by atoms with Gasteiger partial charge in [-0.25, -0.2) is 22.0 Å². The molecule has 1 aromatic heterocycles. The van der Waals surface area contributed by atoms with E-state index in [2.05, 4.69) is 10.1 Å². The van der Waals surface area contributed by atoms with E-state index in [9.17, 15) is 26.8 Å². The van der Waals surface area contributed by atoms with Crippen LogP contribution in [-0.4, -0.2) is 33.9 Å². The van der Waals surface area contributed by atoms with Gasteiger partial charge in [-0.15, -0.1) is 11.3 Å². The Hall–Kier alpha value is -3.31. The van der Waals surface area contributed by atoms with Gasteiger partial charge in [0.15, 0.2) is 0 Å². The maximum atomic E-state index is 14.0. The third kappa shape index (κ3) is 5.20. The van der Waals surface area contributed by atoms with Gasteiger partial charge in [-0.3, -0.25) is 9.10 Å². The number of amides is 1. The Morgan fingerprint density at radius 2 is 1.79 bits per heavy atom. The topological polar surface area (TPSA) is 92.8 Å². The van der Waals surface area contributed by atoms with E-state index in [1.165, 1.54) is 17.5 Å². The van der Waals surface area contributed by atoms with Crippen molar-refractivity contribution in [3.63, 3.8) is 0 Å². The average Bonchev–Trinajstić information content (AvgIpc) is 3.27. The van der Waals surface area contributed by atoms with Crippen molar-refractivity contribution in [3.05, 3.63) is 75.5 Å². The molecule has 0 fully saturated rings. The van der Waals surface area contributed by atoms with Gasteiger partial charge >= 0.3 is 5.97 Å². The zero-order valence-electron chi connectivity index (χ0n) is 17.9. The molecule has 1 heterocycles. The van der Waals surface area contributed by atoms with Crippen LogP contribution in [0.2, 0.25) is 0 Å². The molecule has 2 aromatic carbocycles. The Morgan fingerprint density at radius 1 is 1.06 bits per heavy atom. The lowest BCUT2D eigenvalue weighted by Gasteiger charge is -2.25. The van der Waals surface area contributed by atoms with E-state index in [0.717, 1.165) is 52.1 Å². The number of hydrogen-bond acceptors (Lipinski definition) is 6. The molecule has 3 aromatic rings. The number of methoxy groups -OCH3 is 1. The average molecular weight is 495 g/mol. The molecule has 7 nitrogen and oxygen atoms in total. The lowest BCUT2D eigenvalue weighted by molar-refractivity contribution is -0.114. The molecule has 0 unspecified atom stereocenters. The molecule has 0 bridgehead atoms. The van der Waals surface area contributed by atoms with Crippen molar-refractivity contribution in [3.8, 4) is 0 Å². The van der Waals surface area contributed by atoms with Crippen LogP contribution in [0.5, 0.6) is 0 Å². The molecule has 33 heavy (non-hydrogen) atoms. The second-order valence-corrected chi connectivity index (χ2v) is 9.80. The van der Waals surface area contributed by atoms with Crippen LogP contribution in [0, 0.1) is 25.5 Å². The number of ether oxygens (including phenoxy) is 1. The number of rotatable bonds is 7. The monoisotopic (exact) mass is 494 g/mol. The number of nitrogens with one attached hydrogen (secondary N) is 1. The fourth-order valence-electron chi connectivity index (χ4n) is 2.97.